The van der Waals surface area contributed by atoms with E-state index in [0.717, 1.165) is 11.3 Å². The lowest BCUT2D eigenvalue weighted by Gasteiger charge is -2.32. The number of carbonyl (C=O) groups is 2. The van der Waals surface area contributed by atoms with Crippen LogP contribution in [0.5, 0.6) is 5.75 Å². The number of aliphatic hydroxyl groups excluding tert-OH is 1. The van der Waals surface area contributed by atoms with Gasteiger partial charge >= 0.3 is 0 Å². The third-order valence-electron chi connectivity index (χ3n) is 9.37. The fourth-order valence-electron chi connectivity index (χ4n) is 7.23. The zero-order chi connectivity index (χ0) is 33.3. The molecule has 47 heavy (non-hydrogen) atoms. The van der Waals surface area contributed by atoms with Crippen LogP contribution in [0.3, 0.4) is 0 Å². The molecule has 1 fully saturated rings. The first-order valence-electron chi connectivity index (χ1n) is 15.9. The predicted molar refractivity (Wildman–Crippen MR) is 180 cm³/mol. The van der Waals surface area contributed by atoms with E-state index >= 15 is 0 Å². The number of aryl methyl sites for hydroxylation is 1. The van der Waals surface area contributed by atoms with Crippen LogP contribution in [0.1, 0.15) is 40.5 Å². The van der Waals surface area contributed by atoms with Crippen LogP contribution in [-0.4, -0.2) is 64.8 Å². The largest absolute Gasteiger partial charge is 0.497 e. The van der Waals surface area contributed by atoms with Gasteiger partial charge in [0.1, 0.15) is 5.75 Å². The van der Waals surface area contributed by atoms with Crippen LogP contribution in [0, 0.1) is 5.92 Å². The molecule has 0 saturated carbocycles. The first-order valence-corrected chi connectivity index (χ1v) is 18.9. The molecule has 6 rings (SSSR count). The molecule has 3 heterocycles. The molecule has 2 aliphatic rings. The Morgan fingerprint density at radius 1 is 1.11 bits per heavy atom. The van der Waals surface area contributed by atoms with Crippen LogP contribution in [-0.2, 0) is 34.6 Å². The van der Waals surface area contributed by atoms with Gasteiger partial charge in [0.2, 0.25) is 0 Å². The Hall–Kier alpha value is -4.36. The summed E-state index contributed by atoms with van der Waals surface area (Å²) < 4.78 is 13.9. The highest BCUT2D eigenvalue weighted by atomic mass is 28.4. The van der Waals surface area contributed by atoms with Crippen molar-refractivity contribution in [2.24, 2.45) is 5.92 Å². The van der Waals surface area contributed by atoms with E-state index in [0.29, 0.717) is 54.2 Å². The maximum absolute atomic E-state index is 14.8. The molecule has 12 heteroatoms. The van der Waals surface area contributed by atoms with Gasteiger partial charge in [-0.25, -0.2) is 0 Å². The number of aliphatic hydroxyl groups is 1. The number of hydrogen-bond donors (Lipinski definition) is 3. The minimum Gasteiger partial charge on any atom is -0.497 e. The Bertz CT molecular complexity index is 1740. The lowest BCUT2D eigenvalue weighted by Crippen LogP contribution is -2.46. The van der Waals surface area contributed by atoms with Gasteiger partial charge in [0, 0.05) is 54.0 Å². The molecule has 246 valence electrons. The van der Waals surface area contributed by atoms with Crippen molar-refractivity contribution in [3.8, 4) is 5.75 Å². The number of aromatic nitrogens is 3. The summed E-state index contributed by atoms with van der Waals surface area (Å²) in [6.45, 7) is 6.60. The molecule has 2 aliphatic heterocycles. The van der Waals surface area contributed by atoms with Crippen LogP contribution in [0.25, 0.3) is 0 Å². The second-order valence-electron chi connectivity index (χ2n) is 12.9. The molecule has 1 aromatic heterocycles. The average molecular weight is 656 g/mol. The molecule has 3 aromatic carbocycles. The Morgan fingerprint density at radius 2 is 1.85 bits per heavy atom. The number of carbonyl (C=O) groups excluding carboxylic acids is 2. The van der Waals surface area contributed by atoms with Crippen LogP contribution >= 0.6 is 0 Å². The highest BCUT2D eigenvalue weighted by Crippen LogP contribution is 2.60. The Morgan fingerprint density at radius 3 is 2.53 bits per heavy atom. The van der Waals surface area contributed by atoms with E-state index in [1.165, 1.54) is 0 Å². The zero-order valence-corrected chi connectivity index (χ0v) is 28.1. The molecule has 1 saturated heterocycles. The topological polar surface area (TPSA) is 139 Å². The summed E-state index contributed by atoms with van der Waals surface area (Å²) in [7, 11) is -1.31. The number of ether oxygens (including phenoxy) is 2. The van der Waals surface area contributed by atoms with E-state index in [-0.39, 0.29) is 29.9 Å². The number of amides is 2. The van der Waals surface area contributed by atoms with E-state index in [4.69, 9.17) is 9.47 Å². The number of methoxy groups -OCH3 is 1. The van der Waals surface area contributed by atoms with Crippen molar-refractivity contribution < 1.29 is 29.0 Å². The molecule has 11 nitrogen and oxygen atoms in total. The summed E-state index contributed by atoms with van der Waals surface area (Å²) in [4.78, 5) is 41.4. The summed E-state index contributed by atoms with van der Waals surface area (Å²) in [6, 6.07) is 22.2. The van der Waals surface area contributed by atoms with Crippen LogP contribution in [0.2, 0.25) is 18.6 Å². The number of fused-ring (bicyclic) bond motifs is 2. The van der Waals surface area contributed by atoms with E-state index in [1.54, 1.807) is 53.2 Å². The number of anilines is 2. The maximum atomic E-state index is 14.8. The summed E-state index contributed by atoms with van der Waals surface area (Å²) in [5.41, 5.74) is 2.43. The fraction of sp³-hybridized carbons (Fsp3) is 0.371. The van der Waals surface area contributed by atoms with Crippen molar-refractivity contribution in [2.45, 2.75) is 63.2 Å². The minimum absolute atomic E-state index is 0.0135. The van der Waals surface area contributed by atoms with Gasteiger partial charge in [-0.3, -0.25) is 14.3 Å². The minimum atomic E-state index is -2.88. The van der Waals surface area contributed by atoms with Crippen molar-refractivity contribution in [2.75, 3.05) is 23.9 Å². The van der Waals surface area contributed by atoms with Crippen LogP contribution < -0.4 is 15.0 Å². The second kappa shape index (κ2) is 13.0. The standard InChI is InChI=1S/C35H41N5O6Si/c1-23-32(47(3,4)44)31(16-18-39-22-27(17-19-41)37-38-39)46-35(23)29-20-26(36-33(42)25-10-13-28(45-2)14-11-25)12-15-30(29)40(34(35)43)21-24-8-6-5-7-9-24/h5-15,20,22-23,31-32,41,44H,16-19,21H2,1-4H3,(H,36,42)/t23-,31+,32-,35+/m1/s1. The van der Waals surface area contributed by atoms with Crippen molar-refractivity contribution in [1.82, 2.24) is 15.0 Å². The summed E-state index contributed by atoms with van der Waals surface area (Å²) in [6.07, 6.45) is 2.29. The smallest absolute Gasteiger partial charge is 0.264 e. The summed E-state index contributed by atoms with van der Waals surface area (Å²) >= 11 is 0. The molecule has 3 N–H and O–H groups in total. The Balaban J connectivity index is 1.37. The van der Waals surface area contributed by atoms with Gasteiger partial charge in [-0.15, -0.1) is 5.10 Å². The molecule has 1 spiro atoms. The van der Waals surface area contributed by atoms with Crippen molar-refractivity contribution >= 4 is 31.5 Å². The van der Waals surface area contributed by atoms with Crippen molar-refractivity contribution in [3.05, 3.63) is 101 Å². The van der Waals surface area contributed by atoms with Crippen LogP contribution in [0.15, 0.2) is 79.0 Å². The normalized spacial score (nSPS) is 22.1. The molecule has 0 bridgehead atoms. The van der Waals surface area contributed by atoms with Gasteiger partial charge in [-0.2, -0.15) is 0 Å². The SMILES string of the molecule is COc1ccc(C(=O)Nc2ccc3c(c2)[C@]2(O[C@@H](CCn4cc(CCO)nn4)[C@H]([Si](C)(C)O)[C@H]2C)C(=O)N3Cc2ccccc2)cc1. The number of rotatable bonds is 11. The van der Waals surface area contributed by atoms with Gasteiger partial charge in [0.05, 0.1) is 31.1 Å². The van der Waals surface area contributed by atoms with E-state index in [9.17, 15) is 19.5 Å². The molecule has 4 atom stereocenters. The van der Waals surface area contributed by atoms with Gasteiger partial charge in [0.15, 0.2) is 13.9 Å². The molecule has 4 aromatic rings. The van der Waals surface area contributed by atoms with E-state index in [1.807, 2.05) is 62.5 Å². The molecule has 2 amide bonds. The number of nitrogens with one attached hydrogen (secondary N) is 1. The lowest BCUT2D eigenvalue weighted by molar-refractivity contribution is -0.146. The van der Waals surface area contributed by atoms with Gasteiger partial charge in [-0.1, -0.05) is 42.5 Å². The van der Waals surface area contributed by atoms with E-state index in [2.05, 4.69) is 15.6 Å². The number of hydrogen-bond acceptors (Lipinski definition) is 8. The summed E-state index contributed by atoms with van der Waals surface area (Å²) in [5.74, 6) is -0.182. The first-order chi connectivity index (χ1) is 22.5. The lowest BCUT2D eigenvalue weighted by atomic mass is 9.82. The fourth-order valence-corrected chi connectivity index (χ4v) is 9.83. The molecule has 0 unspecified atom stereocenters. The second-order valence-corrected chi connectivity index (χ2v) is 16.9. The van der Waals surface area contributed by atoms with E-state index < -0.39 is 20.0 Å². The molecular weight excluding hydrogens is 614 g/mol. The third kappa shape index (κ3) is 6.21. The molecule has 0 radical (unpaired) electrons. The maximum Gasteiger partial charge on any atom is 0.264 e. The summed E-state index contributed by atoms with van der Waals surface area (Å²) in [5, 5.41) is 20.6. The zero-order valence-electron chi connectivity index (χ0n) is 27.1. The first kappa shape index (κ1) is 32.6. The monoisotopic (exact) mass is 655 g/mol. The Labute approximate surface area is 275 Å². The quantitative estimate of drug-likeness (QED) is 0.201. The Kier molecular flexibility index (Phi) is 9.03. The van der Waals surface area contributed by atoms with Gasteiger partial charge < -0.3 is 29.6 Å². The van der Waals surface area contributed by atoms with Gasteiger partial charge in [-0.05, 0) is 67.5 Å². The number of benzene rings is 3. The third-order valence-corrected chi connectivity index (χ3v) is 11.9. The van der Waals surface area contributed by atoms with Gasteiger partial charge in [0.25, 0.3) is 11.8 Å². The average Bonchev–Trinajstić information content (AvgIpc) is 3.70. The van der Waals surface area contributed by atoms with Crippen molar-refractivity contribution in [3.63, 3.8) is 0 Å². The highest BCUT2D eigenvalue weighted by Gasteiger charge is 2.66. The number of nitrogens with zero attached hydrogens (tertiary/aromatic N) is 4. The molecular formula is C35H41N5O6Si. The highest BCUT2D eigenvalue weighted by molar-refractivity contribution is 6.71. The predicted octanol–water partition coefficient (Wildman–Crippen LogP) is 4.51. The molecule has 0 aliphatic carbocycles. The van der Waals surface area contributed by atoms with Crippen molar-refractivity contribution in [1.29, 1.82) is 0 Å². The van der Waals surface area contributed by atoms with Crippen LogP contribution in [0.4, 0.5) is 11.4 Å².